The predicted octanol–water partition coefficient (Wildman–Crippen LogP) is 2.93. The van der Waals surface area contributed by atoms with E-state index in [4.69, 9.17) is 11.6 Å². The molecule has 0 spiro atoms. The number of halogens is 1. The van der Waals surface area contributed by atoms with Crippen molar-refractivity contribution >= 4 is 11.6 Å². The summed E-state index contributed by atoms with van der Waals surface area (Å²) in [6.07, 6.45) is 1.16. The highest BCUT2D eigenvalue weighted by Crippen LogP contribution is 2.20. The summed E-state index contributed by atoms with van der Waals surface area (Å²) < 4.78 is 1.99. The van der Waals surface area contributed by atoms with E-state index in [1.807, 2.05) is 11.6 Å². The first kappa shape index (κ1) is 17.5. The van der Waals surface area contributed by atoms with Crippen LogP contribution in [0.3, 0.4) is 0 Å². The van der Waals surface area contributed by atoms with E-state index in [1.54, 1.807) is 0 Å². The zero-order valence-electron chi connectivity index (χ0n) is 13.7. The van der Waals surface area contributed by atoms with Crippen molar-refractivity contribution < 1.29 is 0 Å². The van der Waals surface area contributed by atoms with Crippen molar-refractivity contribution in [3.8, 4) is 0 Å². The minimum Gasteiger partial charge on any atom is -0.308 e. The van der Waals surface area contributed by atoms with Crippen molar-refractivity contribution in [1.29, 1.82) is 0 Å². The number of nitrogens with zero attached hydrogens (tertiary/aromatic N) is 3. The van der Waals surface area contributed by atoms with Gasteiger partial charge in [0.1, 0.15) is 0 Å². The summed E-state index contributed by atoms with van der Waals surface area (Å²) >= 11 is 6.35. The van der Waals surface area contributed by atoms with Crippen LogP contribution in [0.5, 0.6) is 0 Å². The highest BCUT2D eigenvalue weighted by molar-refractivity contribution is 6.31. The number of likely N-dealkylation sites (N-methyl/N-ethyl adjacent to an activating group) is 1. The SMILES string of the molecule is CCn1nc(C)c(Cl)c1CNC(CC(C)C)CN(C)C. The van der Waals surface area contributed by atoms with E-state index in [-0.39, 0.29) is 0 Å². The second-order valence-corrected chi connectivity index (χ2v) is 6.51. The van der Waals surface area contributed by atoms with Crippen LogP contribution in [0.1, 0.15) is 38.6 Å². The Morgan fingerprint density at radius 3 is 2.50 bits per heavy atom. The lowest BCUT2D eigenvalue weighted by Gasteiger charge is -2.24. The van der Waals surface area contributed by atoms with Crippen molar-refractivity contribution in [2.24, 2.45) is 5.92 Å². The summed E-state index contributed by atoms with van der Waals surface area (Å²) in [6.45, 7) is 11.2. The monoisotopic (exact) mass is 300 g/mol. The molecule has 5 heteroatoms. The van der Waals surface area contributed by atoms with Crippen LogP contribution in [0.2, 0.25) is 5.02 Å². The van der Waals surface area contributed by atoms with Gasteiger partial charge in [-0.2, -0.15) is 5.10 Å². The normalized spacial score (nSPS) is 13.4. The van der Waals surface area contributed by atoms with Crippen molar-refractivity contribution in [3.63, 3.8) is 0 Å². The highest BCUT2D eigenvalue weighted by Gasteiger charge is 2.16. The Morgan fingerprint density at radius 1 is 1.35 bits per heavy atom. The van der Waals surface area contributed by atoms with Gasteiger partial charge in [-0.15, -0.1) is 0 Å². The van der Waals surface area contributed by atoms with E-state index in [2.05, 4.69) is 50.2 Å². The Labute approximate surface area is 128 Å². The van der Waals surface area contributed by atoms with E-state index >= 15 is 0 Å². The summed E-state index contributed by atoms with van der Waals surface area (Å²) in [5.74, 6) is 0.681. The molecule has 0 saturated heterocycles. The Morgan fingerprint density at radius 2 is 2.00 bits per heavy atom. The third-order valence-corrected chi connectivity index (χ3v) is 3.84. The second-order valence-electron chi connectivity index (χ2n) is 6.13. The van der Waals surface area contributed by atoms with Gasteiger partial charge in [-0.1, -0.05) is 25.4 Å². The summed E-state index contributed by atoms with van der Waals surface area (Å²) in [5, 5.41) is 8.90. The molecule has 0 aromatic carbocycles. The molecule has 1 aromatic heterocycles. The Bertz CT molecular complexity index is 402. The van der Waals surface area contributed by atoms with Crippen molar-refractivity contribution in [3.05, 3.63) is 16.4 Å². The van der Waals surface area contributed by atoms with Crippen molar-refractivity contribution in [1.82, 2.24) is 20.0 Å². The first-order valence-electron chi connectivity index (χ1n) is 7.45. The number of nitrogens with one attached hydrogen (secondary N) is 1. The largest absolute Gasteiger partial charge is 0.308 e. The van der Waals surface area contributed by atoms with Gasteiger partial charge in [-0.25, -0.2) is 0 Å². The van der Waals surface area contributed by atoms with E-state index in [0.29, 0.717) is 12.0 Å². The molecule has 0 saturated carbocycles. The molecular formula is C15H29ClN4. The molecule has 0 aliphatic heterocycles. The minimum atomic E-state index is 0.474. The van der Waals surface area contributed by atoms with Crippen LogP contribution in [-0.2, 0) is 13.1 Å². The molecule has 0 fully saturated rings. The lowest BCUT2D eigenvalue weighted by atomic mass is 10.0. The maximum atomic E-state index is 6.35. The summed E-state index contributed by atoms with van der Waals surface area (Å²) in [6, 6.07) is 0.474. The Kier molecular flexibility index (Phi) is 7.00. The van der Waals surface area contributed by atoms with E-state index in [1.165, 1.54) is 0 Å². The second kappa shape index (κ2) is 8.01. The molecular weight excluding hydrogens is 272 g/mol. The van der Waals surface area contributed by atoms with Crippen LogP contribution in [0.25, 0.3) is 0 Å². The molecule has 0 radical (unpaired) electrons. The van der Waals surface area contributed by atoms with Crippen LogP contribution < -0.4 is 5.32 Å². The smallest absolute Gasteiger partial charge is 0.0860 e. The van der Waals surface area contributed by atoms with Gasteiger partial charge in [0.25, 0.3) is 0 Å². The van der Waals surface area contributed by atoms with Gasteiger partial charge in [0.2, 0.25) is 0 Å². The lowest BCUT2D eigenvalue weighted by Crippen LogP contribution is -2.39. The van der Waals surface area contributed by atoms with Crippen LogP contribution in [-0.4, -0.2) is 41.4 Å². The number of aromatic nitrogens is 2. The fourth-order valence-electron chi connectivity index (χ4n) is 2.51. The average Bonchev–Trinajstić information content (AvgIpc) is 2.61. The van der Waals surface area contributed by atoms with Gasteiger partial charge >= 0.3 is 0 Å². The highest BCUT2D eigenvalue weighted by atomic mass is 35.5. The molecule has 1 aromatic rings. The number of aryl methyl sites for hydroxylation is 2. The standard InChI is InChI=1S/C15H29ClN4/c1-7-20-14(15(16)12(4)18-20)9-17-13(8-11(2)3)10-19(5)6/h11,13,17H,7-10H2,1-6H3. The van der Waals surface area contributed by atoms with Gasteiger partial charge in [-0.3, -0.25) is 4.68 Å². The third kappa shape index (κ3) is 5.08. The molecule has 0 aliphatic carbocycles. The topological polar surface area (TPSA) is 33.1 Å². The van der Waals surface area contributed by atoms with Crippen LogP contribution in [0.15, 0.2) is 0 Å². The number of rotatable bonds is 8. The summed E-state index contributed by atoms with van der Waals surface area (Å²) in [7, 11) is 4.23. The minimum absolute atomic E-state index is 0.474. The molecule has 0 bridgehead atoms. The zero-order valence-corrected chi connectivity index (χ0v) is 14.5. The van der Waals surface area contributed by atoms with Gasteiger partial charge in [0.05, 0.1) is 16.4 Å². The number of hydrogen-bond acceptors (Lipinski definition) is 3. The van der Waals surface area contributed by atoms with Crippen LogP contribution in [0, 0.1) is 12.8 Å². The molecule has 116 valence electrons. The van der Waals surface area contributed by atoms with Crippen LogP contribution >= 0.6 is 11.6 Å². The molecule has 1 N–H and O–H groups in total. The molecule has 0 amide bonds. The Hall–Kier alpha value is -0.580. The first-order chi connectivity index (χ1) is 9.35. The molecule has 1 unspecified atom stereocenters. The quantitative estimate of drug-likeness (QED) is 0.801. The average molecular weight is 301 g/mol. The zero-order chi connectivity index (χ0) is 15.3. The third-order valence-electron chi connectivity index (χ3n) is 3.35. The first-order valence-corrected chi connectivity index (χ1v) is 7.82. The van der Waals surface area contributed by atoms with Gasteiger partial charge in [-0.05, 0) is 40.3 Å². The fourth-order valence-corrected chi connectivity index (χ4v) is 2.71. The van der Waals surface area contributed by atoms with Crippen molar-refractivity contribution in [2.45, 2.75) is 53.2 Å². The summed E-state index contributed by atoms with van der Waals surface area (Å²) in [5.41, 5.74) is 2.01. The maximum Gasteiger partial charge on any atom is 0.0860 e. The van der Waals surface area contributed by atoms with Crippen LogP contribution in [0.4, 0.5) is 0 Å². The van der Waals surface area contributed by atoms with Gasteiger partial charge < -0.3 is 10.2 Å². The molecule has 1 rings (SSSR count). The summed E-state index contributed by atoms with van der Waals surface area (Å²) in [4.78, 5) is 2.23. The number of hydrogen-bond donors (Lipinski definition) is 1. The Balaban J connectivity index is 2.71. The van der Waals surface area contributed by atoms with Gasteiger partial charge in [0.15, 0.2) is 0 Å². The molecule has 1 heterocycles. The van der Waals surface area contributed by atoms with E-state index < -0.39 is 0 Å². The molecule has 20 heavy (non-hydrogen) atoms. The van der Waals surface area contributed by atoms with E-state index in [0.717, 1.165) is 42.5 Å². The molecule has 4 nitrogen and oxygen atoms in total. The van der Waals surface area contributed by atoms with E-state index in [9.17, 15) is 0 Å². The fraction of sp³-hybridized carbons (Fsp3) is 0.800. The van der Waals surface area contributed by atoms with Gasteiger partial charge in [0, 0.05) is 25.7 Å². The molecule has 1 atom stereocenters. The maximum absolute atomic E-state index is 6.35. The molecule has 0 aliphatic rings. The predicted molar refractivity (Wildman–Crippen MR) is 86.3 cm³/mol. The van der Waals surface area contributed by atoms with Crippen molar-refractivity contribution in [2.75, 3.05) is 20.6 Å². The lowest BCUT2D eigenvalue weighted by molar-refractivity contribution is 0.303.